The number of thiazole rings is 1. The molecule has 3 saturated heterocycles. The van der Waals surface area contributed by atoms with Gasteiger partial charge in [0.2, 0.25) is 5.88 Å². The number of carbonyl (C=O) groups excluding carboxylic acids is 1. The zero-order valence-electron chi connectivity index (χ0n) is 20.7. The zero-order chi connectivity index (χ0) is 25.7. The van der Waals surface area contributed by atoms with Crippen LogP contribution in [0.25, 0.3) is 21.7 Å². The lowest BCUT2D eigenvalue weighted by Crippen LogP contribution is -2.70. The van der Waals surface area contributed by atoms with Crippen molar-refractivity contribution in [2.24, 2.45) is 0 Å². The molecule has 3 fully saturated rings. The van der Waals surface area contributed by atoms with Gasteiger partial charge in [0.25, 0.3) is 6.01 Å². The van der Waals surface area contributed by atoms with Gasteiger partial charge in [0.15, 0.2) is 16.8 Å². The summed E-state index contributed by atoms with van der Waals surface area (Å²) in [5, 5.41) is 12.0. The van der Waals surface area contributed by atoms with Crippen molar-refractivity contribution in [2.75, 3.05) is 18.0 Å². The monoisotopic (exact) mass is 521 g/mol. The van der Waals surface area contributed by atoms with E-state index in [0.717, 1.165) is 17.0 Å². The Morgan fingerprint density at radius 2 is 2.00 bits per heavy atom. The van der Waals surface area contributed by atoms with E-state index >= 15 is 0 Å². The number of anilines is 1. The number of oxazole rings is 1. The number of aromatic nitrogens is 3. The number of piperidine rings is 1. The summed E-state index contributed by atoms with van der Waals surface area (Å²) < 4.78 is 18.0. The number of aliphatic hydroxyl groups excluding tert-OH is 1. The highest BCUT2D eigenvalue weighted by Gasteiger charge is 2.49. The Morgan fingerprint density at radius 3 is 2.65 bits per heavy atom. The number of piperazine rings is 1. The van der Waals surface area contributed by atoms with Gasteiger partial charge in [-0.15, -0.1) is 11.3 Å². The fourth-order valence-electron chi connectivity index (χ4n) is 4.77. The summed E-state index contributed by atoms with van der Waals surface area (Å²) in [4.78, 5) is 30.1. The quantitative estimate of drug-likeness (QED) is 0.394. The van der Waals surface area contributed by atoms with Gasteiger partial charge < -0.3 is 23.9 Å². The lowest BCUT2D eigenvalue weighted by Gasteiger charge is -2.55. The number of aliphatic hydroxyl groups is 1. The lowest BCUT2D eigenvalue weighted by atomic mass is 9.88. The van der Waals surface area contributed by atoms with Crippen LogP contribution in [-0.2, 0) is 11.3 Å². The normalized spacial score (nSPS) is 19.1. The van der Waals surface area contributed by atoms with Gasteiger partial charge in [-0.1, -0.05) is 0 Å². The highest BCUT2D eigenvalue weighted by molar-refractivity contribution is 7.13. The van der Waals surface area contributed by atoms with Crippen LogP contribution in [0.5, 0.6) is 11.6 Å². The lowest BCUT2D eigenvalue weighted by molar-refractivity contribution is -0.0386. The molecule has 2 bridgehead atoms. The molecular weight excluding hydrogens is 494 g/mol. The minimum Gasteiger partial charge on any atom is -0.444 e. The van der Waals surface area contributed by atoms with Crippen LogP contribution >= 0.6 is 11.3 Å². The van der Waals surface area contributed by atoms with E-state index in [9.17, 15) is 9.90 Å². The predicted molar refractivity (Wildman–Crippen MR) is 138 cm³/mol. The fourth-order valence-corrected chi connectivity index (χ4v) is 5.43. The van der Waals surface area contributed by atoms with E-state index in [1.807, 2.05) is 43.2 Å². The number of hydrogen-bond acceptors (Lipinski definition) is 10. The van der Waals surface area contributed by atoms with E-state index in [4.69, 9.17) is 18.9 Å². The summed E-state index contributed by atoms with van der Waals surface area (Å²) in [6.45, 7) is 6.75. The van der Waals surface area contributed by atoms with E-state index in [1.54, 1.807) is 24.5 Å². The van der Waals surface area contributed by atoms with E-state index in [1.165, 1.54) is 11.3 Å². The smallest absolute Gasteiger partial charge is 0.410 e. The summed E-state index contributed by atoms with van der Waals surface area (Å²) in [6, 6.07) is 7.78. The SMILES string of the molecule is CC(C)(C)OC(=O)N1C2CC1CN(c1nc3c(Oc4ccc(CO)cn4)ccc(-c4nccs4)c3o1)C2. The Bertz CT molecular complexity index is 1420. The summed E-state index contributed by atoms with van der Waals surface area (Å²) in [6.07, 6.45) is 3.99. The first-order valence-electron chi connectivity index (χ1n) is 12.1. The molecule has 0 saturated carbocycles. The second kappa shape index (κ2) is 9.00. The molecule has 4 aromatic rings. The van der Waals surface area contributed by atoms with Crippen molar-refractivity contribution in [1.29, 1.82) is 0 Å². The molecule has 3 aliphatic heterocycles. The summed E-state index contributed by atoms with van der Waals surface area (Å²) >= 11 is 1.52. The van der Waals surface area contributed by atoms with E-state index in [0.29, 0.717) is 47.4 Å². The molecule has 0 aliphatic carbocycles. The van der Waals surface area contributed by atoms with Crippen molar-refractivity contribution in [3.05, 3.63) is 47.6 Å². The second-order valence-electron chi connectivity index (χ2n) is 10.2. The van der Waals surface area contributed by atoms with Crippen LogP contribution in [0.15, 0.2) is 46.5 Å². The molecule has 1 aromatic carbocycles. The Balaban J connectivity index is 1.30. The fraction of sp³-hybridized carbons (Fsp3) is 0.385. The molecule has 1 N–H and O–H groups in total. The molecule has 10 nitrogen and oxygen atoms in total. The van der Waals surface area contributed by atoms with Crippen molar-refractivity contribution < 1.29 is 23.8 Å². The first kappa shape index (κ1) is 23.7. The van der Waals surface area contributed by atoms with E-state index in [2.05, 4.69) is 14.9 Å². The van der Waals surface area contributed by atoms with Crippen molar-refractivity contribution in [1.82, 2.24) is 19.9 Å². The Morgan fingerprint density at radius 1 is 1.19 bits per heavy atom. The third-order valence-electron chi connectivity index (χ3n) is 6.42. The number of carbonyl (C=O) groups is 1. The van der Waals surface area contributed by atoms with E-state index in [-0.39, 0.29) is 24.8 Å². The molecule has 3 aliphatic rings. The standard InChI is InChI=1S/C26H27N5O5S/c1-26(2,3)36-25(33)31-16-10-17(31)13-30(12-16)24-29-21-19(34-20-7-4-15(14-32)11-28-20)6-5-18(22(21)35-24)23-27-8-9-37-23/h4-9,11,16-17,32H,10,12-14H2,1-3H3. The Labute approximate surface area is 217 Å². The molecule has 11 heteroatoms. The number of pyridine rings is 1. The third-order valence-corrected chi connectivity index (χ3v) is 7.23. The van der Waals surface area contributed by atoms with Crippen LogP contribution in [-0.4, -0.2) is 61.8 Å². The van der Waals surface area contributed by atoms with Crippen LogP contribution in [0.2, 0.25) is 0 Å². The van der Waals surface area contributed by atoms with Gasteiger partial charge in [-0.05, 0) is 51.0 Å². The van der Waals surface area contributed by atoms with Crippen molar-refractivity contribution in [3.63, 3.8) is 0 Å². The molecular formula is C26H27N5O5S. The highest BCUT2D eigenvalue weighted by Crippen LogP contribution is 2.41. The third kappa shape index (κ3) is 4.49. The van der Waals surface area contributed by atoms with Crippen LogP contribution in [0.4, 0.5) is 10.8 Å². The van der Waals surface area contributed by atoms with Crippen molar-refractivity contribution in [2.45, 2.75) is 51.5 Å². The number of rotatable bonds is 5. The first-order chi connectivity index (χ1) is 17.8. The molecule has 7 rings (SSSR count). The van der Waals surface area contributed by atoms with Gasteiger partial charge >= 0.3 is 6.09 Å². The van der Waals surface area contributed by atoms with Crippen molar-refractivity contribution >= 4 is 34.5 Å². The van der Waals surface area contributed by atoms with Crippen LogP contribution in [0, 0.1) is 0 Å². The summed E-state index contributed by atoms with van der Waals surface area (Å²) in [7, 11) is 0. The average molecular weight is 522 g/mol. The zero-order valence-corrected chi connectivity index (χ0v) is 21.6. The summed E-state index contributed by atoms with van der Waals surface area (Å²) in [5.41, 5.74) is 2.15. The van der Waals surface area contributed by atoms with Gasteiger partial charge in [-0.3, -0.25) is 4.90 Å². The molecule has 0 radical (unpaired) electrons. The summed E-state index contributed by atoms with van der Waals surface area (Å²) in [5.74, 6) is 0.893. The molecule has 2 atom stereocenters. The van der Waals surface area contributed by atoms with Gasteiger partial charge in [0, 0.05) is 36.9 Å². The predicted octanol–water partition coefficient (Wildman–Crippen LogP) is 4.83. The van der Waals surface area contributed by atoms with Gasteiger partial charge in [-0.25, -0.2) is 14.8 Å². The number of fused-ring (bicyclic) bond motifs is 3. The number of hydrogen-bond donors (Lipinski definition) is 1. The molecule has 3 aromatic heterocycles. The molecule has 37 heavy (non-hydrogen) atoms. The minimum atomic E-state index is -0.531. The largest absolute Gasteiger partial charge is 0.444 e. The molecule has 192 valence electrons. The number of benzene rings is 1. The topological polar surface area (TPSA) is 114 Å². The Kier molecular flexibility index (Phi) is 5.76. The second-order valence-corrected chi connectivity index (χ2v) is 11.1. The average Bonchev–Trinajstić information content (AvgIpc) is 3.54. The number of nitrogens with zero attached hydrogens (tertiary/aromatic N) is 5. The first-order valence-corrected chi connectivity index (χ1v) is 13.0. The minimum absolute atomic E-state index is 0.0482. The maximum atomic E-state index is 12.7. The Hall–Kier alpha value is -3.70. The van der Waals surface area contributed by atoms with E-state index < -0.39 is 5.60 Å². The molecule has 0 spiro atoms. The van der Waals surface area contributed by atoms with Crippen LogP contribution < -0.4 is 9.64 Å². The highest BCUT2D eigenvalue weighted by atomic mass is 32.1. The van der Waals surface area contributed by atoms with Gasteiger partial charge in [-0.2, -0.15) is 4.98 Å². The van der Waals surface area contributed by atoms with Gasteiger partial charge in [0.1, 0.15) is 10.6 Å². The van der Waals surface area contributed by atoms with Gasteiger partial charge in [0.05, 0.1) is 24.3 Å². The molecule has 1 amide bonds. The number of ether oxygens (including phenoxy) is 2. The molecule has 6 heterocycles. The van der Waals surface area contributed by atoms with Crippen LogP contribution in [0.1, 0.15) is 32.8 Å². The maximum Gasteiger partial charge on any atom is 0.410 e. The maximum absolute atomic E-state index is 12.7. The molecule has 2 unspecified atom stereocenters. The van der Waals surface area contributed by atoms with Crippen LogP contribution in [0.3, 0.4) is 0 Å². The van der Waals surface area contributed by atoms with Crippen molar-refractivity contribution in [3.8, 4) is 22.2 Å². The number of amides is 1.